The van der Waals surface area contributed by atoms with Gasteiger partial charge >= 0.3 is 0 Å². The van der Waals surface area contributed by atoms with Gasteiger partial charge in [-0.1, -0.05) is 27.5 Å². The van der Waals surface area contributed by atoms with Gasteiger partial charge in [-0.15, -0.1) is 0 Å². The predicted molar refractivity (Wildman–Crippen MR) is 70.0 cm³/mol. The van der Waals surface area contributed by atoms with Crippen molar-refractivity contribution in [3.63, 3.8) is 0 Å². The van der Waals surface area contributed by atoms with Crippen molar-refractivity contribution in [1.82, 2.24) is 0 Å². The summed E-state index contributed by atoms with van der Waals surface area (Å²) in [5, 5.41) is 0.886. The minimum absolute atomic E-state index is 0.0346. The summed E-state index contributed by atoms with van der Waals surface area (Å²) in [6.45, 7) is 0. The third-order valence-corrected chi connectivity index (χ3v) is 4.91. The minimum atomic E-state index is 0.0346. The number of ketones is 1. The highest BCUT2D eigenvalue weighted by Crippen LogP contribution is 2.29. The number of carbonyl (C=O) groups is 1. The van der Waals surface area contributed by atoms with Gasteiger partial charge in [-0.2, -0.15) is 0 Å². The normalized spacial score (nSPS) is 10.2. The summed E-state index contributed by atoms with van der Waals surface area (Å²) in [6, 6.07) is 3.47. The first-order valence-corrected chi connectivity index (χ1v) is 6.67. The molecule has 0 saturated heterocycles. The van der Waals surface area contributed by atoms with Crippen molar-refractivity contribution < 1.29 is 4.79 Å². The highest BCUT2D eigenvalue weighted by molar-refractivity contribution is 14.1. The van der Waals surface area contributed by atoms with E-state index in [4.69, 9.17) is 11.6 Å². The first kappa shape index (κ1) is 11.9. The summed E-state index contributed by atoms with van der Waals surface area (Å²) >= 11 is 14.5. The number of alkyl halides is 1. The Kier molecular flexibility index (Phi) is 4.68. The van der Waals surface area contributed by atoms with E-state index in [1.54, 1.807) is 12.1 Å². The maximum Gasteiger partial charge on any atom is 0.173 e. The zero-order chi connectivity index (χ0) is 10.0. The van der Waals surface area contributed by atoms with Gasteiger partial charge in [0, 0.05) is 13.6 Å². The summed E-state index contributed by atoms with van der Waals surface area (Å²) in [7, 11) is 0. The molecule has 13 heavy (non-hydrogen) atoms. The molecule has 0 aromatic heterocycles. The molecular weight excluding hydrogens is 434 g/mol. The zero-order valence-corrected chi connectivity index (χ0v) is 12.4. The summed E-state index contributed by atoms with van der Waals surface area (Å²) < 4.78 is 1.77. The Bertz CT molecular complexity index is 331. The van der Waals surface area contributed by atoms with Gasteiger partial charge < -0.3 is 0 Å². The maximum absolute atomic E-state index is 11.3. The first-order valence-electron chi connectivity index (χ1n) is 3.30. The van der Waals surface area contributed by atoms with Crippen molar-refractivity contribution in [2.24, 2.45) is 0 Å². The number of halogens is 4. The van der Waals surface area contributed by atoms with Gasteiger partial charge in [-0.25, -0.2) is 0 Å². The molecule has 0 unspecified atom stereocenters. The van der Waals surface area contributed by atoms with Gasteiger partial charge in [-0.05, 0) is 50.7 Å². The average Bonchev–Trinajstić information content (AvgIpc) is 2.12. The molecule has 1 aromatic carbocycles. The third kappa shape index (κ3) is 2.91. The van der Waals surface area contributed by atoms with Crippen LogP contribution in [0.3, 0.4) is 0 Å². The number of carbonyl (C=O) groups excluding carboxylic acids is 1. The molecule has 0 aliphatic carbocycles. The zero-order valence-electron chi connectivity index (χ0n) is 6.28. The fraction of sp³-hybridized carbons (Fsp3) is 0.125. The van der Waals surface area contributed by atoms with Gasteiger partial charge in [-0.3, -0.25) is 4.79 Å². The van der Waals surface area contributed by atoms with Gasteiger partial charge in [0.1, 0.15) is 0 Å². The van der Waals surface area contributed by atoms with Crippen LogP contribution in [0.15, 0.2) is 16.6 Å². The maximum atomic E-state index is 11.3. The molecular formula is C8H4Br2ClIO. The fourth-order valence-corrected chi connectivity index (χ4v) is 2.35. The molecule has 70 valence electrons. The molecule has 0 saturated carbocycles. The lowest BCUT2D eigenvalue weighted by molar-refractivity contribution is 0.102. The quantitative estimate of drug-likeness (QED) is 0.292. The van der Waals surface area contributed by atoms with Crippen molar-refractivity contribution in [3.05, 3.63) is 30.8 Å². The van der Waals surface area contributed by atoms with Crippen LogP contribution >= 0.6 is 66.1 Å². The Labute approximate surface area is 112 Å². The Balaban J connectivity index is 3.20. The van der Waals surface area contributed by atoms with Crippen molar-refractivity contribution in [2.45, 2.75) is 0 Å². The highest BCUT2D eigenvalue weighted by atomic mass is 127. The summed E-state index contributed by atoms with van der Waals surface area (Å²) in [5.74, 6) is 0.0346. The highest BCUT2D eigenvalue weighted by Gasteiger charge is 2.09. The smallest absolute Gasteiger partial charge is 0.173 e. The van der Waals surface area contributed by atoms with Crippen LogP contribution in [0.4, 0.5) is 0 Å². The number of Topliss-reactive ketones (excluding diaryl/α,β-unsaturated/α-hetero) is 1. The molecule has 0 aliphatic heterocycles. The molecule has 0 amide bonds. The fourth-order valence-electron chi connectivity index (χ4n) is 0.794. The average molecular weight is 438 g/mol. The van der Waals surface area contributed by atoms with Crippen LogP contribution in [0.5, 0.6) is 0 Å². The molecule has 0 bridgehead atoms. The van der Waals surface area contributed by atoms with Crippen molar-refractivity contribution in [1.29, 1.82) is 0 Å². The lowest BCUT2D eigenvalue weighted by Crippen LogP contribution is -2.00. The lowest BCUT2D eigenvalue weighted by Gasteiger charge is -2.03. The molecule has 0 fully saturated rings. The minimum Gasteiger partial charge on any atom is -0.293 e. The van der Waals surface area contributed by atoms with E-state index in [0.717, 1.165) is 8.04 Å². The Hall–Kier alpha value is 0.870. The predicted octanol–water partition coefficient (Wildman–Crippen LogP) is 4.28. The van der Waals surface area contributed by atoms with Gasteiger partial charge in [0.15, 0.2) is 5.78 Å². The van der Waals surface area contributed by atoms with Crippen LogP contribution in [0.25, 0.3) is 0 Å². The number of benzene rings is 1. The monoisotopic (exact) mass is 436 g/mol. The summed E-state index contributed by atoms with van der Waals surface area (Å²) in [6.07, 6.45) is 0. The van der Waals surface area contributed by atoms with E-state index in [0.29, 0.717) is 15.9 Å². The van der Waals surface area contributed by atoms with Crippen LogP contribution < -0.4 is 0 Å². The van der Waals surface area contributed by atoms with Crippen LogP contribution in [-0.2, 0) is 0 Å². The van der Waals surface area contributed by atoms with Crippen molar-refractivity contribution >= 4 is 71.8 Å². The SMILES string of the molecule is O=C(CBr)c1cc(Cl)c(Br)c(I)c1. The third-order valence-electron chi connectivity index (χ3n) is 1.43. The molecule has 0 N–H and O–H groups in total. The molecule has 1 aromatic rings. The largest absolute Gasteiger partial charge is 0.293 e. The molecule has 0 radical (unpaired) electrons. The van der Waals surface area contributed by atoms with E-state index >= 15 is 0 Å². The van der Waals surface area contributed by atoms with Crippen molar-refractivity contribution in [3.8, 4) is 0 Å². The number of rotatable bonds is 2. The molecule has 0 heterocycles. The number of hydrogen-bond donors (Lipinski definition) is 0. The summed E-state index contributed by atoms with van der Waals surface area (Å²) in [4.78, 5) is 11.3. The topological polar surface area (TPSA) is 17.1 Å². The second-order valence-electron chi connectivity index (χ2n) is 2.31. The van der Waals surface area contributed by atoms with Gasteiger partial charge in [0.05, 0.1) is 10.4 Å². The standard InChI is InChI=1S/C8H4Br2ClIO/c9-3-7(13)4-1-5(11)8(10)6(12)2-4/h1-2H,3H2. The molecule has 0 atom stereocenters. The van der Waals surface area contributed by atoms with Crippen molar-refractivity contribution in [2.75, 3.05) is 5.33 Å². The number of hydrogen-bond acceptors (Lipinski definition) is 1. The second kappa shape index (κ2) is 5.09. The Morgan fingerprint density at radius 1 is 1.54 bits per heavy atom. The molecule has 0 aliphatic rings. The van der Waals surface area contributed by atoms with Crippen LogP contribution in [0, 0.1) is 3.57 Å². The lowest BCUT2D eigenvalue weighted by atomic mass is 10.1. The van der Waals surface area contributed by atoms with E-state index in [9.17, 15) is 4.79 Å². The first-order chi connectivity index (χ1) is 6.06. The second-order valence-corrected chi connectivity index (χ2v) is 5.23. The Morgan fingerprint density at radius 2 is 2.15 bits per heavy atom. The van der Waals surface area contributed by atoms with E-state index in [2.05, 4.69) is 54.5 Å². The molecule has 1 rings (SSSR count). The Morgan fingerprint density at radius 3 is 2.62 bits per heavy atom. The van der Waals surface area contributed by atoms with E-state index in [-0.39, 0.29) is 5.78 Å². The van der Waals surface area contributed by atoms with Gasteiger partial charge in [0.25, 0.3) is 0 Å². The molecule has 1 nitrogen and oxygen atoms in total. The molecule has 5 heteroatoms. The van der Waals surface area contributed by atoms with Crippen LogP contribution in [0.2, 0.25) is 5.02 Å². The molecule has 0 spiro atoms. The van der Waals surface area contributed by atoms with Crippen LogP contribution in [0.1, 0.15) is 10.4 Å². The van der Waals surface area contributed by atoms with Gasteiger partial charge in [0.2, 0.25) is 0 Å². The van der Waals surface area contributed by atoms with Crippen LogP contribution in [-0.4, -0.2) is 11.1 Å². The van der Waals surface area contributed by atoms with E-state index in [1.165, 1.54) is 0 Å². The van der Waals surface area contributed by atoms with E-state index in [1.807, 2.05) is 0 Å². The summed E-state index contributed by atoms with van der Waals surface area (Å²) in [5.41, 5.74) is 0.634. The van der Waals surface area contributed by atoms with E-state index < -0.39 is 0 Å².